The van der Waals surface area contributed by atoms with Gasteiger partial charge >= 0.3 is 5.97 Å². The third-order valence-corrected chi connectivity index (χ3v) is 6.38. The lowest BCUT2D eigenvalue weighted by molar-refractivity contribution is -0.136. The normalized spacial score (nSPS) is 21.7. The molecule has 1 atom stereocenters. The van der Waals surface area contributed by atoms with Crippen LogP contribution < -0.4 is 10.0 Å². The van der Waals surface area contributed by atoms with Gasteiger partial charge in [0.2, 0.25) is 0 Å². The molecule has 8 nitrogen and oxygen atoms in total. The van der Waals surface area contributed by atoms with Gasteiger partial charge in [-0.2, -0.15) is 0 Å². The van der Waals surface area contributed by atoms with E-state index in [4.69, 9.17) is 16.7 Å². The number of carbonyl (C=O) groups is 2. The number of nitrogens with zero attached hydrogens (tertiary/aromatic N) is 1. The van der Waals surface area contributed by atoms with Crippen molar-refractivity contribution in [2.75, 3.05) is 6.54 Å². The average Bonchev–Trinajstić information content (AvgIpc) is 3.16. The molecular weight excluding hydrogens is 430 g/mol. The van der Waals surface area contributed by atoms with Gasteiger partial charge in [0.1, 0.15) is 0 Å². The molecule has 1 aromatic carbocycles. The van der Waals surface area contributed by atoms with E-state index in [0.29, 0.717) is 35.0 Å². The van der Waals surface area contributed by atoms with Gasteiger partial charge in [-0.1, -0.05) is 18.5 Å². The molecule has 0 amide bonds. The summed E-state index contributed by atoms with van der Waals surface area (Å²) < 4.78 is 27.9. The highest BCUT2D eigenvalue weighted by atomic mass is 35.5. The molecule has 0 bridgehead atoms. The lowest BCUT2D eigenvalue weighted by atomic mass is 9.76. The van der Waals surface area contributed by atoms with Gasteiger partial charge in [-0.15, -0.1) is 0 Å². The minimum Gasteiger partial charge on any atom is -0.481 e. The maximum Gasteiger partial charge on any atom is 0.303 e. The third-order valence-electron chi connectivity index (χ3n) is 4.75. The number of sulfonamides is 1. The van der Waals surface area contributed by atoms with E-state index in [1.54, 1.807) is 31.4 Å². The first kappa shape index (κ1) is 21.8. The molecule has 4 rings (SSSR count). The minimum atomic E-state index is -3.80. The molecule has 10 heteroatoms. The van der Waals surface area contributed by atoms with Crippen molar-refractivity contribution in [3.8, 4) is 0 Å². The maximum atomic E-state index is 12.7. The minimum absolute atomic E-state index is 0.0231. The number of carboxylic acids is 1. The van der Waals surface area contributed by atoms with Crippen LogP contribution in [0.5, 0.6) is 0 Å². The summed E-state index contributed by atoms with van der Waals surface area (Å²) >= 11 is 5.81. The number of benzene rings is 1. The highest BCUT2D eigenvalue weighted by molar-refractivity contribution is 7.89. The van der Waals surface area contributed by atoms with Crippen molar-refractivity contribution in [3.63, 3.8) is 0 Å². The van der Waals surface area contributed by atoms with E-state index in [9.17, 15) is 18.0 Å². The molecule has 1 unspecified atom stereocenters. The van der Waals surface area contributed by atoms with E-state index >= 15 is 0 Å². The third kappa shape index (κ3) is 4.03. The molecule has 30 heavy (non-hydrogen) atoms. The zero-order chi connectivity index (χ0) is 21.9. The van der Waals surface area contributed by atoms with Gasteiger partial charge in [0, 0.05) is 30.0 Å². The number of ketones is 1. The van der Waals surface area contributed by atoms with Crippen LogP contribution in [-0.2, 0) is 19.6 Å². The average molecular weight is 450 g/mol. The number of hydrogen-bond donors (Lipinski definition) is 3. The van der Waals surface area contributed by atoms with Crippen molar-refractivity contribution in [2.24, 2.45) is 4.99 Å². The summed E-state index contributed by atoms with van der Waals surface area (Å²) in [6.45, 7) is 2.05. The summed E-state index contributed by atoms with van der Waals surface area (Å²) in [5.41, 5.74) is 0.449. The first-order valence-electron chi connectivity index (χ1n) is 9.16. The molecule has 0 saturated carbocycles. The van der Waals surface area contributed by atoms with Crippen LogP contribution in [0.1, 0.15) is 19.8 Å². The fourth-order valence-electron chi connectivity index (χ4n) is 3.25. The van der Waals surface area contributed by atoms with Crippen LogP contribution in [0.25, 0.3) is 0 Å². The lowest BCUT2D eigenvalue weighted by Gasteiger charge is -2.36. The number of hydrogen-bond acceptors (Lipinski definition) is 6. The Morgan fingerprint density at radius 3 is 2.57 bits per heavy atom. The molecule has 3 aliphatic rings. The molecule has 0 fully saturated rings. The highest BCUT2D eigenvalue weighted by Crippen LogP contribution is 2.36. The van der Waals surface area contributed by atoms with Gasteiger partial charge in [0.05, 0.1) is 16.3 Å². The van der Waals surface area contributed by atoms with Crippen LogP contribution in [0.3, 0.4) is 0 Å². The number of allylic oxidation sites excluding steroid dienone is 1. The van der Waals surface area contributed by atoms with E-state index in [1.165, 1.54) is 24.3 Å². The Labute approximate surface area is 179 Å². The Bertz CT molecular complexity index is 1100. The summed E-state index contributed by atoms with van der Waals surface area (Å²) in [5.74, 6) is -0.768. The number of nitrogens with one attached hydrogen (secondary N) is 2. The molecule has 2 heterocycles. The number of carbonyl (C=O) groups excluding carboxylic acids is 1. The molecule has 3 N–H and O–H groups in total. The number of halogens is 1. The number of carboxylic acid groups (broad SMARTS) is 1. The smallest absolute Gasteiger partial charge is 0.303 e. The summed E-state index contributed by atoms with van der Waals surface area (Å²) in [7, 11) is -3.80. The zero-order valence-electron chi connectivity index (χ0n) is 16.1. The molecule has 2 aliphatic heterocycles. The molecule has 1 spiro atoms. The van der Waals surface area contributed by atoms with Crippen LogP contribution >= 0.6 is 11.6 Å². The number of aliphatic imine (C=N–C) groups is 1. The molecular formula is C20H20ClN3O5S. The molecule has 158 valence electrons. The quantitative estimate of drug-likeness (QED) is 0.647. The van der Waals surface area contributed by atoms with E-state index < -0.39 is 21.5 Å². The van der Waals surface area contributed by atoms with Crippen molar-refractivity contribution in [1.82, 2.24) is 10.0 Å². The van der Waals surface area contributed by atoms with Crippen LogP contribution in [0.15, 0.2) is 69.9 Å². The molecule has 0 saturated heterocycles. The Balaban J connectivity index is 0.000000461. The maximum absolute atomic E-state index is 12.7. The largest absolute Gasteiger partial charge is 0.481 e. The fourth-order valence-corrected chi connectivity index (χ4v) is 4.46. The number of Topliss-reactive ketones (excluding diaryl/α,β-unsaturated/α-hetero) is 1. The highest BCUT2D eigenvalue weighted by Gasteiger charge is 2.50. The second-order valence-electron chi connectivity index (χ2n) is 6.64. The van der Waals surface area contributed by atoms with E-state index in [-0.39, 0.29) is 17.1 Å². The first-order chi connectivity index (χ1) is 14.2. The Hall–Kier alpha value is -2.91. The number of rotatable bonds is 4. The van der Waals surface area contributed by atoms with Crippen molar-refractivity contribution < 1.29 is 23.1 Å². The van der Waals surface area contributed by atoms with Gasteiger partial charge in [-0.25, -0.2) is 8.42 Å². The topological polar surface area (TPSA) is 125 Å². The Kier molecular flexibility index (Phi) is 6.14. The lowest BCUT2D eigenvalue weighted by Crippen LogP contribution is -2.58. The molecule has 1 aromatic rings. The Morgan fingerprint density at radius 2 is 1.93 bits per heavy atom. The van der Waals surface area contributed by atoms with E-state index in [0.717, 1.165) is 0 Å². The van der Waals surface area contributed by atoms with Crippen LogP contribution in [-0.4, -0.2) is 43.1 Å². The van der Waals surface area contributed by atoms with Gasteiger partial charge in [-0.3, -0.25) is 19.3 Å². The zero-order valence-corrected chi connectivity index (χ0v) is 17.6. The fraction of sp³-hybridized carbons (Fsp3) is 0.250. The summed E-state index contributed by atoms with van der Waals surface area (Å²) in [6, 6.07) is 5.89. The second kappa shape index (κ2) is 8.45. The summed E-state index contributed by atoms with van der Waals surface area (Å²) in [4.78, 5) is 26.5. The van der Waals surface area contributed by atoms with Crippen molar-refractivity contribution in [3.05, 3.63) is 65.0 Å². The van der Waals surface area contributed by atoms with Gasteiger partial charge < -0.3 is 10.4 Å². The van der Waals surface area contributed by atoms with Crippen molar-refractivity contribution in [2.45, 2.75) is 30.2 Å². The van der Waals surface area contributed by atoms with E-state index in [2.05, 4.69) is 15.0 Å². The van der Waals surface area contributed by atoms with Gasteiger partial charge in [-0.05, 0) is 48.7 Å². The van der Waals surface area contributed by atoms with Crippen LogP contribution in [0.4, 0.5) is 0 Å². The molecule has 1 aliphatic carbocycles. The molecule has 0 aromatic heterocycles. The van der Waals surface area contributed by atoms with Crippen LogP contribution in [0.2, 0.25) is 5.02 Å². The van der Waals surface area contributed by atoms with Crippen LogP contribution in [0, 0.1) is 0 Å². The SMILES string of the molecule is CCC(=O)O.O=C1CCN=C2C=CC(NS(=O)(=O)c3ccc(Cl)cc3)=C3C=CNC123. The van der Waals surface area contributed by atoms with Crippen molar-refractivity contribution in [1.29, 1.82) is 0 Å². The standard InChI is InChI=1S/C17H14ClN3O3S.C3H6O2/c18-11-1-3-12(4-2-11)25(23,24)21-14-5-6-15-17(13(14)7-10-20-17)16(22)8-9-19-15;1-2-3(4)5/h1-7,10,20-21H,8-9H2;2H2,1H3,(H,4,5). The van der Waals surface area contributed by atoms with E-state index in [1.807, 2.05) is 0 Å². The van der Waals surface area contributed by atoms with Gasteiger partial charge in [0.15, 0.2) is 11.3 Å². The number of aliphatic carboxylic acids is 1. The summed E-state index contributed by atoms with van der Waals surface area (Å²) in [6.07, 6.45) is 7.21. The van der Waals surface area contributed by atoms with Gasteiger partial charge in [0.25, 0.3) is 10.0 Å². The molecule has 0 radical (unpaired) electrons. The predicted molar refractivity (Wildman–Crippen MR) is 113 cm³/mol. The first-order valence-corrected chi connectivity index (χ1v) is 11.0. The van der Waals surface area contributed by atoms with Crippen molar-refractivity contribution >= 4 is 39.1 Å². The second-order valence-corrected chi connectivity index (χ2v) is 8.75. The predicted octanol–water partition coefficient (Wildman–Crippen LogP) is 2.19. The Morgan fingerprint density at radius 1 is 1.27 bits per heavy atom. The summed E-state index contributed by atoms with van der Waals surface area (Å²) in [5, 5.41) is 11.2. The monoisotopic (exact) mass is 449 g/mol.